The Bertz CT molecular complexity index is 1210. The standard InChI is InChI=1S/C28H33F2N3O6/c1-4-32(3)26(35)22-7-5-6-21(31-22)16-38-27(36)23-12-20(14-33(23)17(2)34)19-10-11-24(39-28(29)30)25(13-19)37-15-18-8-9-18/h5-7,10-11,13,18,20,23,28H,4,8-9,12,14-16H2,1-3H3/t20?,23-/m1/s1. The Labute approximate surface area is 226 Å². The van der Waals surface area contributed by atoms with Gasteiger partial charge < -0.3 is 24.0 Å². The van der Waals surface area contributed by atoms with Gasteiger partial charge in [0.05, 0.1) is 12.3 Å². The Balaban J connectivity index is 1.45. The average molecular weight is 546 g/mol. The number of hydrogen-bond acceptors (Lipinski definition) is 7. The van der Waals surface area contributed by atoms with Gasteiger partial charge >= 0.3 is 12.6 Å². The lowest BCUT2D eigenvalue weighted by atomic mass is 9.96. The van der Waals surface area contributed by atoms with Crippen LogP contribution in [0.15, 0.2) is 36.4 Å². The van der Waals surface area contributed by atoms with E-state index in [1.807, 2.05) is 6.92 Å². The van der Waals surface area contributed by atoms with Crippen LogP contribution in [0.3, 0.4) is 0 Å². The second kappa shape index (κ2) is 12.4. The summed E-state index contributed by atoms with van der Waals surface area (Å²) < 4.78 is 41.7. The number of esters is 1. The Morgan fingerprint density at radius 2 is 1.92 bits per heavy atom. The molecule has 9 nitrogen and oxygen atoms in total. The van der Waals surface area contributed by atoms with Crippen LogP contribution in [-0.2, 0) is 20.9 Å². The van der Waals surface area contributed by atoms with E-state index < -0.39 is 18.6 Å². The van der Waals surface area contributed by atoms with Crippen molar-refractivity contribution in [1.29, 1.82) is 0 Å². The minimum absolute atomic E-state index is 0.0508. The Hall–Kier alpha value is -3.76. The number of carbonyl (C=O) groups excluding carboxylic acids is 3. The molecule has 210 valence electrons. The summed E-state index contributed by atoms with van der Waals surface area (Å²) in [7, 11) is 1.67. The summed E-state index contributed by atoms with van der Waals surface area (Å²) in [6.07, 6.45) is 2.37. The topological polar surface area (TPSA) is 98.3 Å². The lowest BCUT2D eigenvalue weighted by Crippen LogP contribution is -2.40. The molecule has 1 aromatic heterocycles. The van der Waals surface area contributed by atoms with Gasteiger partial charge in [0.25, 0.3) is 5.91 Å². The molecule has 2 atom stereocenters. The molecule has 0 bridgehead atoms. The fourth-order valence-corrected chi connectivity index (χ4v) is 4.49. The number of benzene rings is 1. The van der Waals surface area contributed by atoms with Gasteiger partial charge in [0.2, 0.25) is 5.91 Å². The average Bonchev–Trinajstić information content (AvgIpc) is 3.64. The Morgan fingerprint density at radius 3 is 2.59 bits per heavy atom. The molecule has 0 radical (unpaired) electrons. The van der Waals surface area contributed by atoms with E-state index in [9.17, 15) is 23.2 Å². The number of hydrogen-bond donors (Lipinski definition) is 0. The predicted molar refractivity (Wildman–Crippen MR) is 136 cm³/mol. The smallest absolute Gasteiger partial charge is 0.387 e. The zero-order valence-electron chi connectivity index (χ0n) is 22.3. The minimum Gasteiger partial charge on any atom is -0.489 e. The predicted octanol–water partition coefficient (Wildman–Crippen LogP) is 4.01. The number of alkyl halides is 2. The van der Waals surface area contributed by atoms with Gasteiger partial charge in [0, 0.05) is 33.0 Å². The highest BCUT2D eigenvalue weighted by Crippen LogP contribution is 2.39. The molecule has 1 aliphatic carbocycles. The van der Waals surface area contributed by atoms with E-state index in [1.165, 1.54) is 22.8 Å². The van der Waals surface area contributed by atoms with Crippen molar-refractivity contribution in [3.63, 3.8) is 0 Å². The molecule has 4 rings (SSSR count). The van der Waals surface area contributed by atoms with E-state index in [4.69, 9.17) is 9.47 Å². The molecule has 2 aliphatic rings. The Kier molecular flexibility index (Phi) is 8.98. The first-order valence-corrected chi connectivity index (χ1v) is 13.0. The second-order valence-corrected chi connectivity index (χ2v) is 9.90. The summed E-state index contributed by atoms with van der Waals surface area (Å²) in [5.74, 6) is -0.765. The molecule has 1 saturated heterocycles. The van der Waals surface area contributed by atoms with E-state index >= 15 is 0 Å². The highest BCUT2D eigenvalue weighted by atomic mass is 19.3. The molecule has 2 aromatic rings. The maximum absolute atomic E-state index is 13.1. The Morgan fingerprint density at radius 1 is 1.15 bits per heavy atom. The zero-order chi connectivity index (χ0) is 28.1. The molecule has 39 heavy (non-hydrogen) atoms. The van der Waals surface area contributed by atoms with Crippen LogP contribution in [0.4, 0.5) is 8.78 Å². The van der Waals surface area contributed by atoms with Crippen molar-refractivity contribution in [2.75, 3.05) is 26.7 Å². The fraction of sp³-hybridized carbons (Fsp3) is 0.500. The molecule has 11 heteroatoms. The number of ether oxygens (including phenoxy) is 3. The summed E-state index contributed by atoms with van der Waals surface area (Å²) in [4.78, 5) is 45.1. The maximum Gasteiger partial charge on any atom is 0.387 e. The number of halogens is 2. The monoisotopic (exact) mass is 545 g/mol. The van der Waals surface area contributed by atoms with Gasteiger partial charge in [-0.05, 0) is 61.9 Å². The van der Waals surface area contributed by atoms with Crippen molar-refractivity contribution < 1.29 is 37.4 Å². The fourth-order valence-electron chi connectivity index (χ4n) is 4.49. The number of amides is 2. The van der Waals surface area contributed by atoms with Crippen LogP contribution in [0.5, 0.6) is 11.5 Å². The number of nitrogens with zero attached hydrogens (tertiary/aromatic N) is 3. The number of rotatable bonds is 11. The van der Waals surface area contributed by atoms with Gasteiger partial charge in [-0.1, -0.05) is 12.1 Å². The first-order chi connectivity index (χ1) is 18.7. The third-order valence-electron chi connectivity index (χ3n) is 7.01. The third-order valence-corrected chi connectivity index (χ3v) is 7.01. The first-order valence-electron chi connectivity index (χ1n) is 13.0. The van der Waals surface area contributed by atoms with Gasteiger partial charge in [-0.2, -0.15) is 8.78 Å². The molecular weight excluding hydrogens is 512 g/mol. The van der Waals surface area contributed by atoms with Gasteiger partial charge in [0.1, 0.15) is 18.3 Å². The van der Waals surface area contributed by atoms with E-state index in [-0.39, 0.29) is 48.1 Å². The number of pyridine rings is 1. The zero-order valence-corrected chi connectivity index (χ0v) is 22.3. The molecule has 1 aliphatic heterocycles. The van der Waals surface area contributed by atoms with Crippen LogP contribution in [0, 0.1) is 5.92 Å². The van der Waals surface area contributed by atoms with E-state index in [0.717, 1.165) is 18.4 Å². The summed E-state index contributed by atoms with van der Waals surface area (Å²) in [6.45, 7) is 1.30. The van der Waals surface area contributed by atoms with Crippen molar-refractivity contribution in [3.8, 4) is 11.5 Å². The molecule has 1 saturated carbocycles. The van der Waals surface area contributed by atoms with E-state index in [2.05, 4.69) is 9.72 Å². The molecule has 0 N–H and O–H groups in total. The summed E-state index contributed by atoms with van der Waals surface area (Å²) in [5.41, 5.74) is 1.41. The molecular formula is C28H33F2N3O6. The lowest BCUT2D eigenvalue weighted by molar-refractivity contribution is -0.154. The quantitative estimate of drug-likeness (QED) is 0.394. The largest absolute Gasteiger partial charge is 0.489 e. The normalized spacial score (nSPS) is 18.7. The van der Waals surface area contributed by atoms with Gasteiger partial charge in [-0.25, -0.2) is 9.78 Å². The molecule has 2 fully saturated rings. The molecule has 2 heterocycles. The van der Waals surface area contributed by atoms with Gasteiger partial charge in [0.15, 0.2) is 11.5 Å². The molecule has 2 amide bonds. The van der Waals surface area contributed by atoms with Crippen molar-refractivity contribution in [1.82, 2.24) is 14.8 Å². The van der Waals surface area contributed by atoms with Crippen LogP contribution in [0.1, 0.15) is 60.8 Å². The number of carbonyl (C=O) groups is 3. The van der Waals surface area contributed by atoms with Crippen LogP contribution in [0.25, 0.3) is 0 Å². The van der Waals surface area contributed by atoms with Crippen molar-refractivity contribution >= 4 is 17.8 Å². The van der Waals surface area contributed by atoms with Crippen molar-refractivity contribution in [2.24, 2.45) is 5.92 Å². The highest BCUT2D eigenvalue weighted by Gasteiger charge is 2.40. The van der Waals surface area contributed by atoms with Crippen LogP contribution < -0.4 is 9.47 Å². The van der Waals surface area contributed by atoms with E-state index in [1.54, 1.807) is 37.4 Å². The highest BCUT2D eigenvalue weighted by molar-refractivity contribution is 5.92. The van der Waals surface area contributed by atoms with Gasteiger partial charge in [-0.3, -0.25) is 9.59 Å². The number of aromatic nitrogens is 1. The van der Waals surface area contributed by atoms with Crippen LogP contribution in [0.2, 0.25) is 0 Å². The molecule has 1 aromatic carbocycles. The molecule has 0 spiro atoms. The van der Waals surface area contributed by atoms with Crippen molar-refractivity contribution in [3.05, 3.63) is 53.3 Å². The molecule has 1 unspecified atom stereocenters. The summed E-state index contributed by atoms with van der Waals surface area (Å²) in [5, 5.41) is 0. The number of likely N-dealkylation sites (tertiary alicyclic amines) is 1. The van der Waals surface area contributed by atoms with E-state index in [0.29, 0.717) is 31.2 Å². The first kappa shape index (κ1) is 28.3. The van der Waals surface area contributed by atoms with Gasteiger partial charge in [-0.15, -0.1) is 0 Å². The second-order valence-electron chi connectivity index (χ2n) is 9.90. The summed E-state index contributed by atoms with van der Waals surface area (Å²) >= 11 is 0. The van der Waals surface area contributed by atoms with Crippen LogP contribution >= 0.6 is 0 Å². The van der Waals surface area contributed by atoms with Crippen molar-refractivity contribution in [2.45, 2.75) is 58.3 Å². The SMILES string of the molecule is CCN(C)C(=O)c1cccc(COC(=O)[C@H]2CC(c3ccc(OC(F)F)c(OCC4CC4)c3)CN2C(C)=O)n1. The summed E-state index contributed by atoms with van der Waals surface area (Å²) in [6, 6.07) is 8.83. The van der Waals surface area contributed by atoms with Crippen LogP contribution in [-0.4, -0.2) is 72.0 Å². The maximum atomic E-state index is 13.1. The lowest BCUT2D eigenvalue weighted by Gasteiger charge is -2.21. The minimum atomic E-state index is -2.99. The third kappa shape index (κ3) is 7.21.